The molecule has 21 heavy (non-hydrogen) atoms. The first-order valence-corrected chi connectivity index (χ1v) is 8.67. The number of nitrogens with one attached hydrogen (secondary N) is 1. The van der Waals surface area contributed by atoms with E-state index in [4.69, 9.17) is 4.74 Å². The molecule has 5 heteroatoms. The topological polar surface area (TPSA) is 41.6 Å². The Hall–Kier alpha value is -0.910. The number of methoxy groups -OCH3 is 1. The summed E-state index contributed by atoms with van der Waals surface area (Å²) < 4.78 is 5.14. The van der Waals surface area contributed by atoms with Crippen LogP contribution in [0.15, 0.2) is 17.5 Å². The van der Waals surface area contributed by atoms with Crippen LogP contribution in [-0.4, -0.2) is 44.2 Å². The molecule has 1 aliphatic rings. The number of ether oxygens (including phenoxy) is 1. The summed E-state index contributed by atoms with van der Waals surface area (Å²) in [6.45, 7) is 4.18. The van der Waals surface area contributed by atoms with Gasteiger partial charge in [-0.2, -0.15) is 0 Å². The van der Waals surface area contributed by atoms with E-state index in [1.165, 1.54) is 17.7 Å². The van der Waals surface area contributed by atoms with Gasteiger partial charge in [0.2, 0.25) is 5.91 Å². The Morgan fingerprint density at radius 3 is 3.14 bits per heavy atom. The minimum atomic E-state index is 0.256. The average molecular weight is 310 g/mol. The summed E-state index contributed by atoms with van der Waals surface area (Å²) in [5, 5.41) is 5.47. The van der Waals surface area contributed by atoms with E-state index in [1.807, 2.05) is 11.0 Å². The average Bonchev–Trinajstić information content (AvgIpc) is 3.03. The van der Waals surface area contributed by atoms with Crippen molar-refractivity contribution in [2.45, 2.75) is 32.2 Å². The van der Waals surface area contributed by atoms with Gasteiger partial charge < -0.3 is 15.0 Å². The maximum atomic E-state index is 12.5. The van der Waals surface area contributed by atoms with Crippen molar-refractivity contribution >= 4 is 17.2 Å². The van der Waals surface area contributed by atoms with Gasteiger partial charge in [-0.3, -0.25) is 4.79 Å². The van der Waals surface area contributed by atoms with Crippen LogP contribution in [0, 0.1) is 5.92 Å². The minimum absolute atomic E-state index is 0.256. The van der Waals surface area contributed by atoms with E-state index >= 15 is 0 Å². The Labute approximate surface area is 131 Å². The van der Waals surface area contributed by atoms with Crippen molar-refractivity contribution in [3.8, 4) is 0 Å². The van der Waals surface area contributed by atoms with Crippen molar-refractivity contribution in [3.05, 3.63) is 22.4 Å². The summed E-state index contributed by atoms with van der Waals surface area (Å²) >= 11 is 1.70. The second-order valence-corrected chi connectivity index (χ2v) is 6.67. The third kappa shape index (κ3) is 5.77. The van der Waals surface area contributed by atoms with E-state index in [0.29, 0.717) is 32.0 Å². The lowest BCUT2D eigenvalue weighted by Gasteiger charge is -2.25. The van der Waals surface area contributed by atoms with Crippen LogP contribution in [0.5, 0.6) is 0 Å². The zero-order chi connectivity index (χ0) is 14.9. The number of rotatable bonds is 8. The maximum absolute atomic E-state index is 12.5. The molecule has 0 aromatic carbocycles. The molecular weight excluding hydrogens is 284 g/mol. The molecule has 118 valence electrons. The highest BCUT2D eigenvalue weighted by molar-refractivity contribution is 7.09. The molecule has 4 nitrogen and oxygen atoms in total. The van der Waals surface area contributed by atoms with Gasteiger partial charge in [0.15, 0.2) is 0 Å². The van der Waals surface area contributed by atoms with Gasteiger partial charge in [-0.25, -0.2) is 0 Å². The minimum Gasteiger partial charge on any atom is -0.383 e. The molecule has 1 aromatic rings. The summed E-state index contributed by atoms with van der Waals surface area (Å²) in [5.74, 6) is 0.916. The number of hydrogen-bond donors (Lipinski definition) is 1. The van der Waals surface area contributed by atoms with Crippen molar-refractivity contribution in [2.24, 2.45) is 5.92 Å². The van der Waals surface area contributed by atoms with Crippen LogP contribution in [0.4, 0.5) is 0 Å². The fourth-order valence-electron chi connectivity index (χ4n) is 2.74. The highest BCUT2D eigenvalue weighted by atomic mass is 32.1. The number of thiophene rings is 1. The number of nitrogens with zero attached hydrogens (tertiary/aromatic N) is 1. The molecule has 2 rings (SSSR count). The largest absolute Gasteiger partial charge is 0.383 e. The van der Waals surface area contributed by atoms with E-state index in [0.717, 1.165) is 19.5 Å². The van der Waals surface area contributed by atoms with E-state index in [1.54, 1.807) is 18.4 Å². The smallest absolute Gasteiger partial charge is 0.222 e. The van der Waals surface area contributed by atoms with Crippen LogP contribution in [0.25, 0.3) is 0 Å². The molecule has 1 atom stereocenters. The zero-order valence-corrected chi connectivity index (χ0v) is 13.7. The first-order chi connectivity index (χ1) is 10.3. The fourth-order valence-corrected chi connectivity index (χ4v) is 3.46. The molecule has 1 unspecified atom stereocenters. The Kier molecular flexibility index (Phi) is 7.19. The Morgan fingerprint density at radius 1 is 1.57 bits per heavy atom. The quantitative estimate of drug-likeness (QED) is 0.802. The normalized spacial score (nSPS) is 18.6. The van der Waals surface area contributed by atoms with Gasteiger partial charge in [0.25, 0.3) is 0 Å². The molecule has 0 radical (unpaired) electrons. The number of piperidine rings is 1. The van der Waals surface area contributed by atoms with Crippen molar-refractivity contribution in [1.29, 1.82) is 0 Å². The first-order valence-electron chi connectivity index (χ1n) is 7.79. The Bertz CT molecular complexity index is 402. The van der Waals surface area contributed by atoms with Crippen molar-refractivity contribution in [2.75, 3.05) is 33.4 Å². The SMILES string of the molecule is COCCN(Cc1cccs1)C(=O)CCC1CCCNC1. The van der Waals surface area contributed by atoms with E-state index in [2.05, 4.69) is 16.8 Å². The maximum Gasteiger partial charge on any atom is 0.222 e. The van der Waals surface area contributed by atoms with Gasteiger partial charge in [0.05, 0.1) is 13.2 Å². The predicted octanol–water partition coefficient (Wildman–Crippen LogP) is 2.50. The molecule has 0 saturated carbocycles. The molecule has 1 aliphatic heterocycles. The third-order valence-corrected chi connectivity index (χ3v) is 4.87. The summed E-state index contributed by atoms with van der Waals surface area (Å²) in [6.07, 6.45) is 4.14. The highest BCUT2D eigenvalue weighted by Gasteiger charge is 2.18. The number of amides is 1. The monoisotopic (exact) mass is 310 g/mol. The van der Waals surface area contributed by atoms with Crippen LogP contribution in [0.3, 0.4) is 0 Å². The summed E-state index contributed by atoms with van der Waals surface area (Å²) in [5.41, 5.74) is 0. The van der Waals surface area contributed by atoms with Crippen molar-refractivity contribution in [1.82, 2.24) is 10.2 Å². The molecule has 0 spiro atoms. The molecule has 1 amide bonds. The lowest BCUT2D eigenvalue weighted by molar-refractivity contribution is -0.132. The van der Waals surface area contributed by atoms with Crippen LogP contribution in [0.2, 0.25) is 0 Å². The zero-order valence-electron chi connectivity index (χ0n) is 12.8. The lowest BCUT2D eigenvalue weighted by atomic mass is 9.94. The fraction of sp³-hybridized carbons (Fsp3) is 0.688. The van der Waals surface area contributed by atoms with Gasteiger partial charge in [-0.05, 0) is 49.7 Å². The van der Waals surface area contributed by atoms with Crippen LogP contribution < -0.4 is 5.32 Å². The van der Waals surface area contributed by atoms with Crippen LogP contribution in [-0.2, 0) is 16.1 Å². The Balaban J connectivity index is 1.81. The van der Waals surface area contributed by atoms with Crippen LogP contribution in [0.1, 0.15) is 30.6 Å². The van der Waals surface area contributed by atoms with Crippen molar-refractivity contribution < 1.29 is 9.53 Å². The first kappa shape index (κ1) is 16.5. The number of carbonyl (C=O) groups is 1. The summed E-state index contributed by atoms with van der Waals surface area (Å²) in [6, 6.07) is 4.12. The molecule has 1 saturated heterocycles. The predicted molar refractivity (Wildman–Crippen MR) is 86.4 cm³/mol. The van der Waals surface area contributed by atoms with E-state index in [9.17, 15) is 4.79 Å². The molecule has 1 N–H and O–H groups in total. The molecule has 1 fully saturated rings. The van der Waals surface area contributed by atoms with Gasteiger partial charge >= 0.3 is 0 Å². The molecule has 1 aromatic heterocycles. The molecule has 2 heterocycles. The second-order valence-electron chi connectivity index (χ2n) is 5.64. The van der Waals surface area contributed by atoms with Gasteiger partial charge in [-0.1, -0.05) is 6.07 Å². The molecule has 0 bridgehead atoms. The summed E-state index contributed by atoms with van der Waals surface area (Å²) in [4.78, 5) is 15.6. The number of hydrogen-bond acceptors (Lipinski definition) is 4. The summed E-state index contributed by atoms with van der Waals surface area (Å²) in [7, 11) is 1.68. The third-order valence-electron chi connectivity index (χ3n) is 4.01. The van der Waals surface area contributed by atoms with E-state index < -0.39 is 0 Å². The van der Waals surface area contributed by atoms with Crippen LogP contribution >= 0.6 is 11.3 Å². The van der Waals surface area contributed by atoms with Gasteiger partial charge in [0.1, 0.15) is 0 Å². The van der Waals surface area contributed by atoms with Gasteiger partial charge in [-0.15, -0.1) is 11.3 Å². The molecule has 0 aliphatic carbocycles. The standard InChI is InChI=1S/C16H26N2O2S/c1-20-10-9-18(13-15-5-3-11-21-15)16(19)7-6-14-4-2-8-17-12-14/h3,5,11,14,17H,2,4,6-10,12-13H2,1H3. The Morgan fingerprint density at radius 2 is 2.48 bits per heavy atom. The second kappa shape index (κ2) is 9.18. The van der Waals surface area contributed by atoms with Crippen molar-refractivity contribution in [3.63, 3.8) is 0 Å². The lowest BCUT2D eigenvalue weighted by Crippen LogP contribution is -2.35. The molecular formula is C16H26N2O2S. The van der Waals surface area contributed by atoms with E-state index in [-0.39, 0.29) is 5.91 Å². The van der Waals surface area contributed by atoms with Gasteiger partial charge in [0, 0.05) is 25.0 Å². The highest BCUT2D eigenvalue weighted by Crippen LogP contribution is 2.18. The number of carbonyl (C=O) groups excluding carboxylic acids is 1.